The molecule has 0 fully saturated rings. The average molecular weight is 269 g/mol. The van der Waals surface area contributed by atoms with Crippen LogP contribution in [0, 0.1) is 0 Å². The molecule has 0 spiro atoms. The van der Waals surface area contributed by atoms with E-state index in [1.54, 1.807) is 38.2 Å². The predicted octanol–water partition coefficient (Wildman–Crippen LogP) is 3.19. The molecule has 19 heavy (non-hydrogen) atoms. The Hall–Kier alpha value is -2.18. The number of hydrogen-bond acceptors (Lipinski definition) is 4. The highest BCUT2D eigenvalue weighted by atomic mass is 19.4. The lowest BCUT2D eigenvalue weighted by molar-refractivity contribution is -0.159. The number of halogens is 3. The molecule has 2 rings (SSSR count). The lowest BCUT2D eigenvalue weighted by Gasteiger charge is -2.01. The third-order valence-corrected chi connectivity index (χ3v) is 2.54. The van der Waals surface area contributed by atoms with Gasteiger partial charge in [-0.25, -0.2) is 0 Å². The SMILES string of the molecule is CN=C(C)c1cccc(-c2noc(C(F)(F)F)n2)c1. The average Bonchev–Trinajstić information content (AvgIpc) is 2.87. The van der Waals surface area contributed by atoms with E-state index in [4.69, 9.17) is 0 Å². The van der Waals surface area contributed by atoms with E-state index in [2.05, 4.69) is 19.7 Å². The van der Waals surface area contributed by atoms with Gasteiger partial charge in [0.2, 0.25) is 5.82 Å². The Morgan fingerprint density at radius 1 is 1.32 bits per heavy atom. The van der Waals surface area contributed by atoms with Crippen molar-refractivity contribution in [1.29, 1.82) is 0 Å². The van der Waals surface area contributed by atoms with Crippen molar-refractivity contribution in [1.82, 2.24) is 10.1 Å². The maximum Gasteiger partial charge on any atom is 0.471 e. The zero-order valence-corrected chi connectivity index (χ0v) is 10.2. The van der Waals surface area contributed by atoms with Crippen LogP contribution < -0.4 is 0 Å². The van der Waals surface area contributed by atoms with Gasteiger partial charge in [0, 0.05) is 18.3 Å². The molecule has 0 bridgehead atoms. The highest BCUT2D eigenvalue weighted by Crippen LogP contribution is 2.29. The quantitative estimate of drug-likeness (QED) is 0.787. The third kappa shape index (κ3) is 2.81. The van der Waals surface area contributed by atoms with Crippen LogP contribution in [-0.2, 0) is 6.18 Å². The topological polar surface area (TPSA) is 51.3 Å². The Labute approximate surface area is 107 Å². The Morgan fingerprint density at radius 3 is 2.63 bits per heavy atom. The van der Waals surface area contributed by atoms with E-state index < -0.39 is 12.1 Å². The second-order valence-corrected chi connectivity index (χ2v) is 3.81. The van der Waals surface area contributed by atoms with Crippen molar-refractivity contribution in [2.75, 3.05) is 7.05 Å². The van der Waals surface area contributed by atoms with Gasteiger partial charge in [0.1, 0.15) is 0 Å². The minimum Gasteiger partial charge on any atom is -0.329 e. The first-order valence-corrected chi connectivity index (χ1v) is 5.37. The first-order chi connectivity index (χ1) is 8.91. The number of alkyl halides is 3. The van der Waals surface area contributed by atoms with Crippen LogP contribution >= 0.6 is 0 Å². The molecular formula is C12H10F3N3O. The molecule has 100 valence electrons. The van der Waals surface area contributed by atoms with Crippen molar-refractivity contribution in [3.63, 3.8) is 0 Å². The summed E-state index contributed by atoms with van der Waals surface area (Å²) in [4.78, 5) is 7.35. The summed E-state index contributed by atoms with van der Waals surface area (Å²) in [6.07, 6.45) is -4.64. The number of hydrogen-bond donors (Lipinski definition) is 0. The van der Waals surface area contributed by atoms with Gasteiger partial charge in [0.15, 0.2) is 0 Å². The number of aromatic nitrogens is 2. The molecule has 1 aromatic carbocycles. The van der Waals surface area contributed by atoms with Crippen molar-refractivity contribution in [2.24, 2.45) is 4.99 Å². The minimum absolute atomic E-state index is 0.0990. The van der Waals surface area contributed by atoms with Crippen molar-refractivity contribution < 1.29 is 17.7 Å². The van der Waals surface area contributed by atoms with E-state index in [-0.39, 0.29) is 5.82 Å². The number of aliphatic imine (C=N–C) groups is 1. The zero-order chi connectivity index (χ0) is 14.0. The van der Waals surface area contributed by atoms with Crippen LogP contribution in [0.2, 0.25) is 0 Å². The Kier molecular flexibility index (Phi) is 3.37. The van der Waals surface area contributed by atoms with E-state index >= 15 is 0 Å². The molecule has 0 aliphatic rings. The van der Waals surface area contributed by atoms with Crippen LogP contribution in [0.1, 0.15) is 18.4 Å². The second kappa shape index (κ2) is 4.83. The highest BCUT2D eigenvalue weighted by Gasteiger charge is 2.38. The van der Waals surface area contributed by atoms with Gasteiger partial charge in [-0.3, -0.25) is 4.99 Å². The summed E-state index contributed by atoms with van der Waals surface area (Å²) in [5, 5.41) is 3.33. The smallest absolute Gasteiger partial charge is 0.329 e. The van der Waals surface area contributed by atoms with Crippen LogP contribution in [0.5, 0.6) is 0 Å². The number of nitrogens with zero attached hydrogens (tertiary/aromatic N) is 3. The molecule has 0 N–H and O–H groups in total. The monoisotopic (exact) mass is 269 g/mol. The Morgan fingerprint density at radius 2 is 2.05 bits per heavy atom. The molecule has 0 saturated carbocycles. The van der Waals surface area contributed by atoms with Crippen molar-refractivity contribution in [2.45, 2.75) is 13.1 Å². The van der Waals surface area contributed by atoms with E-state index in [0.717, 1.165) is 11.3 Å². The second-order valence-electron chi connectivity index (χ2n) is 3.81. The normalized spacial score (nSPS) is 12.8. The van der Waals surface area contributed by atoms with E-state index in [0.29, 0.717) is 5.56 Å². The van der Waals surface area contributed by atoms with Crippen LogP contribution in [0.25, 0.3) is 11.4 Å². The fraction of sp³-hybridized carbons (Fsp3) is 0.250. The number of benzene rings is 1. The summed E-state index contributed by atoms with van der Waals surface area (Å²) >= 11 is 0. The van der Waals surface area contributed by atoms with Crippen molar-refractivity contribution in [3.05, 3.63) is 35.7 Å². The lowest BCUT2D eigenvalue weighted by atomic mass is 10.1. The standard InChI is InChI=1S/C12H10F3N3O/c1-7(16-2)8-4-3-5-9(6-8)10-17-11(19-18-10)12(13,14)15/h3-6H,1-2H3. The maximum absolute atomic E-state index is 12.4. The molecule has 0 unspecified atom stereocenters. The first-order valence-electron chi connectivity index (χ1n) is 5.37. The van der Waals surface area contributed by atoms with Gasteiger partial charge < -0.3 is 4.52 Å². The zero-order valence-electron chi connectivity index (χ0n) is 10.2. The van der Waals surface area contributed by atoms with Crippen LogP contribution in [0.4, 0.5) is 13.2 Å². The largest absolute Gasteiger partial charge is 0.471 e. The van der Waals surface area contributed by atoms with Crippen molar-refractivity contribution in [3.8, 4) is 11.4 Å². The molecule has 4 nitrogen and oxygen atoms in total. The summed E-state index contributed by atoms with van der Waals surface area (Å²) in [5.74, 6) is -1.45. The van der Waals surface area contributed by atoms with Gasteiger partial charge in [-0.15, -0.1) is 0 Å². The van der Waals surface area contributed by atoms with Crippen LogP contribution in [0.3, 0.4) is 0 Å². The van der Waals surface area contributed by atoms with E-state index in [9.17, 15) is 13.2 Å². The molecular weight excluding hydrogens is 259 g/mol. The minimum atomic E-state index is -4.64. The molecule has 0 atom stereocenters. The summed E-state index contributed by atoms with van der Waals surface area (Å²) in [7, 11) is 1.64. The Balaban J connectivity index is 2.40. The third-order valence-electron chi connectivity index (χ3n) is 2.54. The summed E-state index contributed by atoms with van der Waals surface area (Å²) < 4.78 is 41.3. The molecule has 7 heteroatoms. The van der Waals surface area contributed by atoms with E-state index in [1.165, 1.54) is 0 Å². The van der Waals surface area contributed by atoms with Gasteiger partial charge in [0.05, 0.1) is 0 Å². The molecule has 0 radical (unpaired) electrons. The molecule has 0 aliphatic carbocycles. The summed E-state index contributed by atoms with van der Waals surface area (Å²) in [6.45, 7) is 1.80. The summed E-state index contributed by atoms with van der Waals surface area (Å²) in [6, 6.07) is 6.77. The lowest BCUT2D eigenvalue weighted by Crippen LogP contribution is -2.04. The van der Waals surface area contributed by atoms with Gasteiger partial charge in [0.25, 0.3) is 0 Å². The predicted molar refractivity (Wildman–Crippen MR) is 62.9 cm³/mol. The highest BCUT2D eigenvalue weighted by molar-refractivity contribution is 5.99. The van der Waals surface area contributed by atoms with Gasteiger partial charge in [-0.2, -0.15) is 18.2 Å². The van der Waals surface area contributed by atoms with Gasteiger partial charge >= 0.3 is 12.1 Å². The molecule has 0 amide bonds. The Bertz CT molecular complexity index is 617. The molecule has 1 aromatic heterocycles. The van der Waals surface area contributed by atoms with Crippen LogP contribution in [0.15, 0.2) is 33.8 Å². The molecule has 1 heterocycles. The fourth-order valence-electron chi connectivity index (χ4n) is 1.47. The molecule has 0 saturated heterocycles. The first kappa shape index (κ1) is 13.3. The van der Waals surface area contributed by atoms with Gasteiger partial charge in [-0.1, -0.05) is 23.4 Å². The molecule has 2 aromatic rings. The van der Waals surface area contributed by atoms with Crippen LogP contribution in [-0.4, -0.2) is 22.9 Å². The van der Waals surface area contributed by atoms with Gasteiger partial charge in [-0.05, 0) is 18.6 Å². The van der Waals surface area contributed by atoms with E-state index in [1.807, 2.05) is 0 Å². The number of rotatable bonds is 2. The molecule has 0 aliphatic heterocycles. The fourth-order valence-corrected chi connectivity index (χ4v) is 1.47. The summed E-state index contributed by atoms with van der Waals surface area (Å²) in [5.41, 5.74) is 2.00. The maximum atomic E-state index is 12.4. The van der Waals surface area contributed by atoms with Crippen molar-refractivity contribution >= 4 is 5.71 Å².